The van der Waals surface area contributed by atoms with Gasteiger partial charge in [0.1, 0.15) is 11.6 Å². The summed E-state index contributed by atoms with van der Waals surface area (Å²) in [5.41, 5.74) is 4.63. The van der Waals surface area contributed by atoms with Crippen LogP contribution in [0.4, 0.5) is 39.2 Å². The first kappa shape index (κ1) is 25.1. The van der Waals surface area contributed by atoms with Crippen molar-refractivity contribution in [2.75, 3.05) is 22.6 Å². The molecule has 5 rings (SSSR count). The van der Waals surface area contributed by atoms with E-state index >= 15 is 0 Å². The lowest BCUT2D eigenvalue weighted by Gasteiger charge is -2.19. The van der Waals surface area contributed by atoms with Gasteiger partial charge in [-0.1, -0.05) is 12.1 Å². The van der Waals surface area contributed by atoms with Crippen molar-refractivity contribution in [1.82, 2.24) is 19.5 Å². The number of imidazole rings is 1. The minimum atomic E-state index is -3.59. The number of anilines is 6. The summed E-state index contributed by atoms with van der Waals surface area (Å²) in [5.74, 6) is 1.16. The number of sulfonamides is 1. The van der Waals surface area contributed by atoms with Crippen molar-refractivity contribution in [3.8, 4) is 0 Å². The Bertz CT molecular complexity index is 1700. The van der Waals surface area contributed by atoms with Crippen LogP contribution in [0.25, 0.3) is 11.0 Å². The van der Waals surface area contributed by atoms with Crippen molar-refractivity contribution in [3.63, 3.8) is 0 Å². The van der Waals surface area contributed by atoms with Crippen LogP contribution in [-0.4, -0.2) is 35.0 Å². The molecule has 3 aromatic carbocycles. The van der Waals surface area contributed by atoms with E-state index < -0.39 is 10.0 Å². The fourth-order valence-electron chi connectivity index (χ4n) is 3.95. The third-order valence-corrected chi connectivity index (χ3v) is 6.65. The molecule has 0 fully saturated rings. The summed E-state index contributed by atoms with van der Waals surface area (Å²) in [6.07, 6.45) is 1.65. The molecule has 4 N–H and O–H groups in total. The van der Waals surface area contributed by atoms with Gasteiger partial charge in [-0.15, -0.1) is 0 Å². The first-order valence-corrected chi connectivity index (χ1v) is 13.3. The highest BCUT2D eigenvalue weighted by Crippen LogP contribution is 2.29. The second-order valence-electron chi connectivity index (χ2n) is 8.73. The topological polar surface area (TPSA) is 131 Å². The average molecular weight is 533 g/mol. The van der Waals surface area contributed by atoms with E-state index in [1.807, 2.05) is 41.8 Å². The number of nitrogens with zero attached hydrogens (tertiary/aromatic N) is 5. The number of halogens is 1. The number of nitrogens with one attached hydrogen (secondary N) is 2. The Hall–Kier alpha value is -4.55. The number of fused-ring (bicyclic) bond motifs is 1. The maximum atomic E-state index is 13.2. The molecule has 0 unspecified atom stereocenters. The SMILES string of the molecule is CN(c1ccc2c(c1)nc(Nc1ccc(F)cc1)n2C)c1ccnc(Nc2ccc(CS(N)(=O)=O)cc2)n1. The molecule has 0 bridgehead atoms. The van der Waals surface area contributed by atoms with Gasteiger partial charge in [-0.3, -0.25) is 0 Å². The van der Waals surface area contributed by atoms with Crippen LogP contribution in [0.5, 0.6) is 0 Å². The molecular formula is C26H25FN8O2S. The summed E-state index contributed by atoms with van der Waals surface area (Å²) in [6, 6.07) is 20.7. The molecular weight excluding hydrogens is 507 g/mol. The molecule has 0 spiro atoms. The van der Waals surface area contributed by atoms with Crippen LogP contribution in [0.1, 0.15) is 5.56 Å². The number of hydrogen-bond acceptors (Lipinski definition) is 8. The van der Waals surface area contributed by atoms with E-state index in [0.717, 1.165) is 22.4 Å². The highest BCUT2D eigenvalue weighted by atomic mass is 32.2. The zero-order chi connectivity index (χ0) is 26.9. The van der Waals surface area contributed by atoms with E-state index in [9.17, 15) is 12.8 Å². The van der Waals surface area contributed by atoms with Gasteiger partial charge in [-0.05, 0) is 66.2 Å². The molecule has 0 aliphatic carbocycles. The van der Waals surface area contributed by atoms with Crippen molar-refractivity contribution in [1.29, 1.82) is 0 Å². The Labute approximate surface area is 219 Å². The van der Waals surface area contributed by atoms with E-state index in [1.54, 1.807) is 48.7 Å². The predicted octanol–water partition coefficient (Wildman–Crippen LogP) is 4.55. The summed E-state index contributed by atoms with van der Waals surface area (Å²) in [5, 5.41) is 11.5. The normalized spacial score (nSPS) is 11.5. The molecule has 2 heterocycles. The number of rotatable bonds is 8. The van der Waals surface area contributed by atoms with Crippen LogP contribution in [0.15, 0.2) is 79.0 Å². The van der Waals surface area contributed by atoms with Gasteiger partial charge in [-0.2, -0.15) is 4.98 Å². The van der Waals surface area contributed by atoms with Crippen molar-refractivity contribution in [3.05, 3.63) is 90.4 Å². The number of hydrogen-bond donors (Lipinski definition) is 3. The van der Waals surface area contributed by atoms with E-state index in [0.29, 0.717) is 29.0 Å². The molecule has 194 valence electrons. The first-order valence-electron chi connectivity index (χ1n) is 11.6. The fraction of sp³-hybridized carbons (Fsp3) is 0.115. The second-order valence-corrected chi connectivity index (χ2v) is 10.3. The van der Waals surface area contributed by atoms with Gasteiger partial charge in [0.2, 0.25) is 21.9 Å². The van der Waals surface area contributed by atoms with Crippen LogP contribution in [0, 0.1) is 5.82 Å². The summed E-state index contributed by atoms with van der Waals surface area (Å²) >= 11 is 0. The quantitative estimate of drug-likeness (QED) is 0.265. The largest absolute Gasteiger partial charge is 0.329 e. The molecule has 0 radical (unpaired) electrons. The van der Waals surface area contributed by atoms with Gasteiger partial charge in [-0.25, -0.2) is 27.9 Å². The molecule has 38 heavy (non-hydrogen) atoms. The van der Waals surface area contributed by atoms with E-state index in [2.05, 4.69) is 20.6 Å². The van der Waals surface area contributed by atoms with Crippen LogP contribution in [0.3, 0.4) is 0 Å². The smallest absolute Gasteiger partial charge is 0.229 e. The molecule has 0 amide bonds. The van der Waals surface area contributed by atoms with E-state index in [-0.39, 0.29) is 11.6 Å². The Morgan fingerprint density at radius 1 is 0.947 bits per heavy atom. The Kier molecular flexibility index (Phi) is 6.66. The number of primary sulfonamides is 1. The number of aryl methyl sites for hydroxylation is 1. The molecule has 2 aromatic heterocycles. The lowest BCUT2D eigenvalue weighted by Crippen LogP contribution is -2.14. The minimum absolute atomic E-state index is 0.228. The van der Waals surface area contributed by atoms with E-state index in [1.165, 1.54) is 12.1 Å². The molecule has 10 nitrogen and oxygen atoms in total. The van der Waals surface area contributed by atoms with Crippen LogP contribution in [-0.2, 0) is 22.8 Å². The lowest BCUT2D eigenvalue weighted by atomic mass is 10.2. The van der Waals surface area contributed by atoms with Gasteiger partial charge >= 0.3 is 0 Å². The Balaban J connectivity index is 1.34. The Morgan fingerprint density at radius 2 is 1.63 bits per heavy atom. The van der Waals surface area contributed by atoms with Gasteiger partial charge in [0, 0.05) is 37.4 Å². The summed E-state index contributed by atoms with van der Waals surface area (Å²) in [7, 11) is 0.216. The summed E-state index contributed by atoms with van der Waals surface area (Å²) in [4.78, 5) is 15.5. The second kappa shape index (κ2) is 10.1. The minimum Gasteiger partial charge on any atom is -0.329 e. The van der Waals surface area contributed by atoms with Crippen LogP contribution in [0.2, 0.25) is 0 Å². The number of aromatic nitrogens is 4. The van der Waals surface area contributed by atoms with Gasteiger partial charge in [0.05, 0.1) is 16.8 Å². The van der Waals surface area contributed by atoms with Crippen molar-refractivity contribution in [2.24, 2.45) is 12.2 Å². The monoisotopic (exact) mass is 532 g/mol. The standard InChI is InChI=1S/C26H25FN8O2S/c1-34(24-13-14-29-25(33-24)30-19-7-3-17(4-8-19)16-38(28,36)37)21-11-12-23-22(15-21)32-26(35(23)2)31-20-9-5-18(27)6-10-20/h3-15H,16H2,1-2H3,(H,31,32)(H2,28,36,37)(H,29,30,33). The summed E-state index contributed by atoms with van der Waals surface area (Å²) in [6.45, 7) is 0. The highest BCUT2D eigenvalue weighted by molar-refractivity contribution is 7.88. The molecule has 0 aliphatic heterocycles. The maximum Gasteiger partial charge on any atom is 0.229 e. The van der Waals surface area contributed by atoms with Gasteiger partial charge in [0.15, 0.2) is 0 Å². The third-order valence-electron chi connectivity index (χ3n) is 5.91. The molecule has 5 aromatic rings. The zero-order valence-corrected chi connectivity index (χ0v) is 21.4. The highest BCUT2D eigenvalue weighted by Gasteiger charge is 2.13. The third kappa shape index (κ3) is 5.71. The van der Waals surface area contributed by atoms with Crippen molar-refractivity contribution >= 4 is 55.8 Å². The molecule has 0 aliphatic rings. The first-order chi connectivity index (χ1) is 18.1. The lowest BCUT2D eigenvalue weighted by molar-refractivity contribution is 0.597. The predicted molar refractivity (Wildman–Crippen MR) is 147 cm³/mol. The summed E-state index contributed by atoms with van der Waals surface area (Å²) < 4.78 is 37.8. The van der Waals surface area contributed by atoms with Crippen LogP contribution >= 0.6 is 0 Å². The maximum absolute atomic E-state index is 13.2. The van der Waals surface area contributed by atoms with Crippen LogP contribution < -0.4 is 20.7 Å². The van der Waals surface area contributed by atoms with Crippen molar-refractivity contribution < 1.29 is 12.8 Å². The molecule has 0 atom stereocenters. The average Bonchev–Trinajstić information content (AvgIpc) is 3.19. The zero-order valence-electron chi connectivity index (χ0n) is 20.6. The number of benzene rings is 3. The molecule has 0 saturated heterocycles. The van der Waals surface area contributed by atoms with Crippen molar-refractivity contribution in [2.45, 2.75) is 5.75 Å². The van der Waals surface area contributed by atoms with Gasteiger partial charge in [0.25, 0.3) is 0 Å². The number of nitrogens with two attached hydrogens (primary N) is 1. The molecule has 0 saturated carbocycles. The van der Waals surface area contributed by atoms with Gasteiger partial charge < -0.3 is 20.1 Å². The molecule has 12 heteroatoms. The fourth-order valence-corrected chi connectivity index (χ4v) is 4.60. The van der Waals surface area contributed by atoms with E-state index in [4.69, 9.17) is 10.1 Å². The Morgan fingerprint density at radius 3 is 2.34 bits per heavy atom.